The van der Waals surface area contributed by atoms with Gasteiger partial charge in [-0.1, -0.05) is 63.4 Å². The third kappa shape index (κ3) is 5.24. The second-order valence-electron chi connectivity index (χ2n) is 8.58. The molecule has 1 saturated carbocycles. The molecule has 0 bridgehead atoms. The molecule has 1 aliphatic heterocycles. The van der Waals surface area contributed by atoms with Crippen LogP contribution in [0, 0.1) is 0 Å². The first kappa shape index (κ1) is 19.7. The van der Waals surface area contributed by atoms with Crippen LogP contribution < -0.4 is 5.32 Å². The van der Waals surface area contributed by atoms with Crippen molar-refractivity contribution in [1.82, 2.24) is 15.1 Å². The number of rotatable bonds is 4. The van der Waals surface area contributed by atoms with Crippen LogP contribution in [-0.4, -0.2) is 54.0 Å². The maximum atomic E-state index is 12.8. The maximum Gasteiger partial charge on any atom is 0.317 e. The summed E-state index contributed by atoms with van der Waals surface area (Å²) in [6.45, 7) is 6.73. The first-order valence-corrected chi connectivity index (χ1v) is 10.3. The Kier molecular flexibility index (Phi) is 6.40. The van der Waals surface area contributed by atoms with Crippen molar-refractivity contribution in [3.05, 3.63) is 35.9 Å². The molecule has 3 amide bonds. The Labute approximate surface area is 163 Å². The third-order valence-electron chi connectivity index (χ3n) is 6.00. The number of hydrogen-bond donors (Lipinski definition) is 1. The molecule has 2 fully saturated rings. The molecular formula is C22H33N3O2. The molecule has 1 N–H and O–H groups in total. The normalized spacial score (nSPS) is 19.0. The van der Waals surface area contributed by atoms with Gasteiger partial charge >= 0.3 is 6.03 Å². The Morgan fingerprint density at radius 2 is 1.56 bits per heavy atom. The highest BCUT2D eigenvalue weighted by Gasteiger charge is 2.30. The van der Waals surface area contributed by atoms with Crippen LogP contribution in [0.2, 0.25) is 0 Å². The molecule has 0 spiro atoms. The lowest BCUT2D eigenvalue weighted by Crippen LogP contribution is -2.55. The number of amides is 3. The van der Waals surface area contributed by atoms with Gasteiger partial charge in [0.25, 0.3) is 0 Å². The van der Waals surface area contributed by atoms with Gasteiger partial charge in [-0.25, -0.2) is 4.79 Å². The van der Waals surface area contributed by atoms with E-state index in [4.69, 9.17) is 0 Å². The van der Waals surface area contributed by atoms with E-state index in [1.807, 2.05) is 28.0 Å². The summed E-state index contributed by atoms with van der Waals surface area (Å²) in [5, 5.41) is 3.18. The van der Waals surface area contributed by atoms with Gasteiger partial charge in [0.05, 0.1) is 0 Å². The second-order valence-corrected chi connectivity index (χ2v) is 8.58. The summed E-state index contributed by atoms with van der Waals surface area (Å²) in [4.78, 5) is 29.0. The summed E-state index contributed by atoms with van der Waals surface area (Å²) < 4.78 is 0. The third-order valence-corrected chi connectivity index (χ3v) is 6.00. The van der Waals surface area contributed by atoms with Crippen LogP contribution in [0.1, 0.15) is 57.9 Å². The minimum Gasteiger partial charge on any atom is -0.339 e. The number of piperazine rings is 1. The van der Waals surface area contributed by atoms with E-state index in [-0.39, 0.29) is 17.4 Å². The van der Waals surface area contributed by atoms with E-state index in [1.165, 1.54) is 24.8 Å². The van der Waals surface area contributed by atoms with Crippen molar-refractivity contribution >= 4 is 11.9 Å². The molecule has 2 aliphatic rings. The lowest BCUT2D eigenvalue weighted by atomic mass is 9.81. The van der Waals surface area contributed by atoms with Gasteiger partial charge in [0, 0.05) is 38.6 Å². The first-order chi connectivity index (χ1) is 13.0. The molecule has 5 heteroatoms. The van der Waals surface area contributed by atoms with Gasteiger partial charge in [-0.15, -0.1) is 0 Å². The smallest absolute Gasteiger partial charge is 0.317 e. The van der Waals surface area contributed by atoms with E-state index in [9.17, 15) is 9.59 Å². The minimum absolute atomic E-state index is 0.0404. The highest BCUT2D eigenvalue weighted by molar-refractivity contribution is 5.79. The SMILES string of the molecule is CC(C)(CC(=O)N1CCN(C(=O)NC2CCCCC2)CC1)c1ccccc1. The lowest BCUT2D eigenvalue weighted by Gasteiger charge is -2.37. The summed E-state index contributed by atoms with van der Waals surface area (Å²) >= 11 is 0. The predicted molar refractivity (Wildman–Crippen MR) is 108 cm³/mol. The average Bonchev–Trinajstić information content (AvgIpc) is 2.69. The van der Waals surface area contributed by atoms with Gasteiger partial charge in [0.15, 0.2) is 0 Å². The molecule has 0 aromatic heterocycles. The monoisotopic (exact) mass is 371 g/mol. The molecule has 1 aromatic carbocycles. The summed E-state index contributed by atoms with van der Waals surface area (Å²) in [6.07, 6.45) is 6.39. The molecule has 27 heavy (non-hydrogen) atoms. The number of hydrogen-bond acceptors (Lipinski definition) is 2. The summed E-state index contributed by atoms with van der Waals surface area (Å²) in [7, 11) is 0. The summed E-state index contributed by atoms with van der Waals surface area (Å²) in [5.41, 5.74) is 0.997. The topological polar surface area (TPSA) is 52.7 Å². The Hall–Kier alpha value is -2.04. The molecule has 1 aromatic rings. The van der Waals surface area contributed by atoms with Crippen LogP contribution in [0.5, 0.6) is 0 Å². The van der Waals surface area contributed by atoms with Crippen LogP contribution >= 0.6 is 0 Å². The molecule has 3 rings (SSSR count). The Bertz CT molecular complexity index is 630. The van der Waals surface area contributed by atoms with Crippen LogP contribution in [0.4, 0.5) is 4.79 Å². The van der Waals surface area contributed by atoms with Gasteiger partial charge in [0.2, 0.25) is 5.91 Å². The minimum atomic E-state index is -0.187. The van der Waals surface area contributed by atoms with Gasteiger partial charge in [-0.05, 0) is 23.8 Å². The van der Waals surface area contributed by atoms with Crippen molar-refractivity contribution in [2.75, 3.05) is 26.2 Å². The van der Waals surface area contributed by atoms with Crippen molar-refractivity contribution in [3.8, 4) is 0 Å². The van der Waals surface area contributed by atoms with E-state index in [0.717, 1.165) is 12.8 Å². The number of nitrogens with one attached hydrogen (secondary N) is 1. The fourth-order valence-corrected chi connectivity index (χ4v) is 4.15. The molecule has 1 aliphatic carbocycles. The zero-order chi connectivity index (χ0) is 19.3. The lowest BCUT2D eigenvalue weighted by molar-refractivity contribution is -0.133. The molecule has 5 nitrogen and oxygen atoms in total. The van der Waals surface area contributed by atoms with Crippen LogP contribution in [0.15, 0.2) is 30.3 Å². The Morgan fingerprint density at radius 3 is 2.19 bits per heavy atom. The zero-order valence-electron chi connectivity index (χ0n) is 16.7. The predicted octanol–water partition coefficient (Wildman–Crippen LogP) is 3.54. The van der Waals surface area contributed by atoms with E-state index in [1.54, 1.807) is 0 Å². The molecule has 148 valence electrons. The van der Waals surface area contributed by atoms with E-state index < -0.39 is 0 Å². The van der Waals surface area contributed by atoms with Crippen molar-refractivity contribution < 1.29 is 9.59 Å². The highest BCUT2D eigenvalue weighted by atomic mass is 16.2. The fourth-order valence-electron chi connectivity index (χ4n) is 4.15. The van der Waals surface area contributed by atoms with E-state index in [0.29, 0.717) is 38.6 Å². The Morgan fingerprint density at radius 1 is 0.963 bits per heavy atom. The molecule has 0 atom stereocenters. The molecular weight excluding hydrogens is 338 g/mol. The van der Waals surface area contributed by atoms with Gasteiger partial charge in [-0.3, -0.25) is 4.79 Å². The standard InChI is InChI=1S/C22H33N3O2/c1-22(2,18-9-5-3-6-10-18)17-20(26)24-13-15-25(16-14-24)21(27)23-19-11-7-4-8-12-19/h3,5-6,9-10,19H,4,7-8,11-17H2,1-2H3,(H,23,27). The molecule has 0 radical (unpaired) electrons. The van der Waals surface area contributed by atoms with Gasteiger partial charge < -0.3 is 15.1 Å². The van der Waals surface area contributed by atoms with Crippen LogP contribution in [-0.2, 0) is 10.2 Å². The molecule has 0 unspecified atom stereocenters. The number of urea groups is 1. The Balaban J connectivity index is 1.47. The number of carbonyl (C=O) groups excluding carboxylic acids is 2. The van der Waals surface area contributed by atoms with Crippen LogP contribution in [0.3, 0.4) is 0 Å². The molecule has 1 saturated heterocycles. The van der Waals surface area contributed by atoms with Crippen molar-refractivity contribution in [3.63, 3.8) is 0 Å². The molecule has 1 heterocycles. The van der Waals surface area contributed by atoms with E-state index in [2.05, 4.69) is 31.3 Å². The number of carbonyl (C=O) groups is 2. The summed E-state index contributed by atoms with van der Waals surface area (Å²) in [6, 6.07) is 10.6. The van der Waals surface area contributed by atoms with Crippen molar-refractivity contribution in [1.29, 1.82) is 0 Å². The second kappa shape index (κ2) is 8.77. The van der Waals surface area contributed by atoms with Crippen LogP contribution in [0.25, 0.3) is 0 Å². The quantitative estimate of drug-likeness (QED) is 0.880. The average molecular weight is 372 g/mol. The van der Waals surface area contributed by atoms with Gasteiger partial charge in [0.1, 0.15) is 0 Å². The zero-order valence-corrected chi connectivity index (χ0v) is 16.7. The van der Waals surface area contributed by atoms with Crippen molar-refractivity contribution in [2.24, 2.45) is 0 Å². The highest BCUT2D eigenvalue weighted by Crippen LogP contribution is 2.27. The first-order valence-electron chi connectivity index (χ1n) is 10.3. The largest absolute Gasteiger partial charge is 0.339 e. The number of benzene rings is 1. The summed E-state index contributed by atoms with van der Waals surface area (Å²) in [5.74, 6) is 0.177. The number of nitrogens with zero attached hydrogens (tertiary/aromatic N) is 2. The fraction of sp³-hybridized carbons (Fsp3) is 0.636. The maximum absolute atomic E-state index is 12.8. The van der Waals surface area contributed by atoms with E-state index >= 15 is 0 Å². The van der Waals surface area contributed by atoms with Crippen molar-refractivity contribution in [2.45, 2.75) is 63.8 Å². The van der Waals surface area contributed by atoms with Gasteiger partial charge in [-0.2, -0.15) is 0 Å².